The summed E-state index contributed by atoms with van der Waals surface area (Å²) in [6.07, 6.45) is -2.06. The summed E-state index contributed by atoms with van der Waals surface area (Å²) in [6, 6.07) is 5.64. The zero-order chi connectivity index (χ0) is 22.7. The van der Waals surface area contributed by atoms with Crippen molar-refractivity contribution in [2.45, 2.75) is 51.4 Å². The zero-order valence-electron chi connectivity index (χ0n) is 17.5. The molecule has 166 valence electrons. The van der Waals surface area contributed by atoms with Crippen molar-refractivity contribution in [2.24, 2.45) is 0 Å². The first-order valence-electron chi connectivity index (χ1n) is 9.96. The van der Waals surface area contributed by atoms with Gasteiger partial charge in [-0.25, -0.2) is 9.78 Å². The fourth-order valence-corrected chi connectivity index (χ4v) is 4.51. The van der Waals surface area contributed by atoms with Crippen LogP contribution in [0.5, 0.6) is 0 Å². The number of thiazole rings is 1. The SMILES string of the molecule is Cc1ncsc1-c1ccc(C(C)NC(=O)[C@@H]2C[C@@H](O)CN2C(=O)C(C)NC(=O)O)cc1. The number of nitrogens with one attached hydrogen (secondary N) is 2. The van der Waals surface area contributed by atoms with Crippen LogP contribution in [0.3, 0.4) is 0 Å². The number of amides is 3. The molecule has 0 aliphatic carbocycles. The third-order valence-electron chi connectivity index (χ3n) is 5.35. The Bertz CT molecular complexity index is 961. The first kappa shape index (κ1) is 22.7. The molecule has 1 aliphatic heterocycles. The lowest BCUT2D eigenvalue weighted by Crippen LogP contribution is -2.52. The number of likely N-dealkylation sites (tertiary alicyclic amines) is 1. The number of carboxylic acid groups (broad SMARTS) is 1. The molecule has 31 heavy (non-hydrogen) atoms. The molecule has 0 spiro atoms. The van der Waals surface area contributed by atoms with Gasteiger partial charge < -0.3 is 25.7 Å². The minimum absolute atomic E-state index is 0.0141. The number of aryl methyl sites for hydroxylation is 1. The number of β-amino-alcohol motifs (C(OH)–C–C–N with tert-alkyl or cyclic N) is 1. The first-order valence-corrected chi connectivity index (χ1v) is 10.8. The van der Waals surface area contributed by atoms with Gasteiger partial charge in [0.2, 0.25) is 11.8 Å². The highest BCUT2D eigenvalue weighted by Gasteiger charge is 2.40. The number of nitrogens with zero attached hydrogens (tertiary/aromatic N) is 2. The van der Waals surface area contributed by atoms with E-state index in [9.17, 15) is 19.5 Å². The van der Waals surface area contributed by atoms with Gasteiger partial charge in [-0.1, -0.05) is 24.3 Å². The maximum atomic E-state index is 12.9. The molecular formula is C21H26N4O5S. The van der Waals surface area contributed by atoms with Gasteiger partial charge >= 0.3 is 6.09 Å². The quantitative estimate of drug-likeness (QED) is 0.536. The van der Waals surface area contributed by atoms with Gasteiger partial charge in [-0.2, -0.15) is 0 Å². The molecule has 4 N–H and O–H groups in total. The standard InChI is InChI=1S/C21H26N4O5S/c1-11(14-4-6-15(7-5-14)18-12(2)22-10-31-18)23-19(27)17-8-16(26)9-25(17)20(28)13(3)24-21(29)30/h4-7,10-11,13,16-17,24,26H,8-9H2,1-3H3,(H,23,27)(H,29,30)/t11?,13?,16-,17+/m1/s1. The van der Waals surface area contributed by atoms with E-state index in [1.807, 2.05) is 38.1 Å². The molecule has 1 aliphatic rings. The predicted molar refractivity (Wildman–Crippen MR) is 116 cm³/mol. The zero-order valence-corrected chi connectivity index (χ0v) is 18.3. The maximum absolute atomic E-state index is 12.9. The second kappa shape index (κ2) is 9.44. The lowest BCUT2D eigenvalue weighted by atomic mass is 10.0. The van der Waals surface area contributed by atoms with Crippen molar-refractivity contribution in [3.05, 3.63) is 41.0 Å². The van der Waals surface area contributed by atoms with Gasteiger partial charge in [0.1, 0.15) is 12.1 Å². The Kier molecular flexibility index (Phi) is 6.91. The maximum Gasteiger partial charge on any atom is 0.405 e. The lowest BCUT2D eigenvalue weighted by Gasteiger charge is -2.27. The molecule has 1 fully saturated rings. The third-order valence-corrected chi connectivity index (χ3v) is 6.33. The summed E-state index contributed by atoms with van der Waals surface area (Å²) in [5.41, 5.74) is 4.72. The summed E-state index contributed by atoms with van der Waals surface area (Å²) in [5, 5.41) is 23.8. The smallest absolute Gasteiger partial charge is 0.405 e. The third kappa shape index (κ3) is 5.20. The average Bonchev–Trinajstić information content (AvgIpc) is 3.32. The van der Waals surface area contributed by atoms with Gasteiger partial charge in [-0.15, -0.1) is 11.3 Å². The number of hydrogen-bond acceptors (Lipinski definition) is 6. The Hall–Kier alpha value is -2.98. The van der Waals surface area contributed by atoms with Crippen LogP contribution in [0.1, 0.15) is 37.6 Å². The van der Waals surface area contributed by atoms with Crippen LogP contribution in [0.2, 0.25) is 0 Å². The lowest BCUT2D eigenvalue weighted by molar-refractivity contribution is -0.139. The van der Waals surface area contributed by atoms with Crippen molar-refractivity contribution in [3.63, 3.8) is 0 Å². The van der Waals surface area contributed by atoms with Crippen LogP contribution in [0.4, 0.5) is 4.79 Å². The Morgan fingerprint density at radius 2 is 1.87 bits per heavy atom. The number of rotatable bonds is 6. The number of aliphatic hydroxyl groups is 1. The molecule has 0 bridgehead atoms. The molecule has 2 aromatic rings. The molecule has 3 amide bonds. The highest BCUT2D eigenvalue weighted by atomic mass is 32.1. The number of carbonyl (C=O) groups is 3. The number of carbonyl (C=O) groups excluding carboxylic acids is 2. The summed E-state index contributed by atoms with van der Waals surface area (Å²) < 4.78 is 0. The Morgan fingerprint density at radius 3 is 2.45 bits per heavy atom. The van der Waals surface area contributed by atoms with Crippen LogP contribution in [-0.2, 0) is 9.59 Å². The highest BCUT2D eigenvalue weighted by molar-refractivity contribution is 7.13. The van der Waals surface area contributed by atoms with Gasteiger partial charge in [-0.3, -0.25) is 9.59 Å². The van der Waals surface area contributed by atoms with Crippen LogP contribution in [0, 0.1) is 6.92 Å². The van der Waals surface area contributed by atoms with Crippen LogP contribution in [0.15, 0.2) is 29.8 Å². The number of benzene rings is 1. The van der Waals surface area contributed by atoms with Gasteiger partial charge in [0.25, 0.3) is 0 Å². The molecule has 0 saturated carbocycles. The molecule has 9 nitrogen and oxygen atoms in total. The van der Waals surface area contributed by atoms with Crippen molar-refractivity contribution >= 4 is 29.2 Å². The fourth-order valence-electron chi connectivity index (χ4n) is 3.70. The molecular weight excluding hydrogens is 420 g/mol. The second-order valence-corrected chi connectivity index (χ2v) is 8.54. The monoisotopic (exact) mass is 446 g/mol. The summed E-state index contributed by atoms with van der Waals surface area (Å²) in [6.45, 7) is 5.19. The van der Waals surface area contributed by atoms with E-state index in [4.69, 9.17) is 5.11 Å². The van der Waals surface area contributed by atoms with E-state index in [-0.39, 0.29) is 24.9 Å². The van der Waals surface area contributed by atoms with E-state index in [2.05, 4.69) is 15.6 Å². The first-order chi connectivity index (χ1) is 14.7. The summed E-state index contributed by atoms with van der Waals surface area (Å²) in [5.74, 6) is -0.932. The van der Waals surface area contributed by atoms with Crippen molar-refractivity contribution in [2.75, 3.05) is 6.54 Å². The minimum atomic E-state index is -1.33. The Morgan fingerprint density at radius 1 is 1.19 bits per heavy atom. The molecule has 2 unspecified atom stereocenters. The molecule has 1 saturated heterocycles. The number of hydrogen-bond donors (Lipinski definition) is 4. The van der Waals surface area contributed by atoms with Crippen molar-refractivity contribution in [3.8, 4) is 10.4 Å². The average molecular weight is 447 g/mol. The van der Waals surface area contributed by atoms with Crippen LogP contribution in [-0.4, -0.2) is 62.7 Å². The summed E-state index contributed by atoms with van der Waals surface area (Å²) in [4.78, 5) is 42.9. The molecule has 10 heteroatoms. The Balaban J connectivity index is 1.67. The van der Waals surface area contributed by atoms with Crippen molar-refractivity contribution < 1.29 is 24.6 Å². The topological polar surface area (TPSA) is 132 Å². The molecule has 2 heterocycles. The Labute approximate surface area is 184 Å². The minimum Gasteiger partial charge on any atom is -0.465 e. The predicted octanol–water partition coefficient (Wildman–Crippen LogP) is 1.91. The molecule has 0 radical (unpaired) electrons. The van der Waals surface area contributed by atoms with E-state index in [0.717, 1.165) is 21.7 Å². The summed E-state index contributed by atoms with van der Waals surface area (Å²) in [7, 11) is 0. The number of aliphatic hydroxyl groups excluding tert-OH is 1. The van der Waals surface area contributed by atoms with Crippen LogP contribution >= 0.6 is 11.3 Å². The molecule has 1 aromatic carbocycles. The van der Waals surface area contributed by atoms with Gasteiger partial charge in [0.05, 0.1) is 28.2 Å². The second-order valence-electron chi connectivity index (χ2n) is 7.69. The van der Waals surface area contributed by atoms with E-state index >= 15 is 0 Å². The normalized spacial score (nSPS) is 20.2. The van der Waals surface area contributed by atoms with Crippen molar-refractivity contribution in [1.29, 1.82) is 0 Å². The molecule has 3 rings (SSSR count). The van der Waals surface area contributed by atoms with Crippen molar-refractivity contribution in [1.82, 2.24) is 20.5 Å². The van der Waals surface area contributed by atoms with E-state index in [0.29, 0.717) is 0 Å². The van der Waals surface area contributed by atoms with Crippen LogP contribution < -0.4 is 10.6 Å². The van der Waals surface area contributed by atoms with E-state index in [1.165, 1.54) is 11.8 Å². The summed E-state index contributed by atoms with van der Waals surface area (Å²) >= 11 is 1.57. The number of aromatic nitrogens is 1. The van der Waals surface area contributed by atoms with Gasteiger partial charge in [0.15, 0.2) is 0 Å². The molecule has 1 aromatic heterocycles. The van der Waals surface area contributed by atoms with Gasteiger partial charge in [-0.05, 0) is 31.9 Å². The van der Waals surface area contributed by atoms with E-state index < -0.39 is 30.2 Å². The van der Waals surface area contributed by atoms with Crippen LogP contribution in [0.25, 0.3) is 10.4 Å². The highest BCUT2D eigenvalue weighted by Crippen LogP contribution is 2.28. The largest absolute Gasteiger partial charge is 0.465 e. The molecule has 4 atom stereocenters. The van der Waals surface area contributed by atoms with Gasteiger partial charge in [0, 0.05) is 13.0 Å². The fraction of sp³-hybridized carbons (Fsp3) is 0.429. The van der Waals surface area contributed by atoms with E-state index in [1.54, 1.807) is 16.8 Å².